The lowest BCUT2D eigenvalue weighted by molar-refractivity contribution is -0.385. The quantitative estimate of drug-likeness (QED) is 0.152. The predicted molar refractivity (Wildman–Crippen MR) is 159 cm³/mol. The maximum Gasteiger partial charge on any atom is 0.416 e. The van der Waals surface area contributed by atoms with Gasteiger partial charge in [0.15, 0.2) is 5.69 Å². The Balaban J connectivity index is 1.78. The highest BCUT2D eigenvalue weighted by molar-refractivity contribution is 7.89. The maximum absolute atomic E-state index is 13.3. The van der Waals surface area contributed by atoms with E-state index in [9.17, 15) is 36.5 Å². The molecule has 4 aromatic rings. The van der Waals surface area contributed by atoms with Crippen LogP contribution in [0.25, 0.3) is 5.69 Å². The van der Waals surface area contributed by atoms with Gasteiger partial charge in [0.2, 0.25) is 15.9 Å². The van der Waals surface area contributed by atoms with Gasteiger partial charge < -0.3 is 10.1 Å². The van der Waals surface area contributed by atoms with Crippen LogP contribution in [0.15, 0.2) is 71.6 Å². The summed E-state index contributed by atoms with van der Waals surface area (Å²) in [6, 6.07) is 13.7. The smallest absolute Gasteiger partial charge is 0.416 e. The first-order chi connectivity index (χ1) is 20.9. The van der Waals surface area contributed by atoms with E-state index in [1.807, 2.05) is 0 Å². The Morgan fingerprint density at radius 1 is 1.07 bits per heavy atom. The molecule has 3 aromatic carbocycles. The fourth-order valence-corrected chi connectivity index (χ4v) is 5.86. The van der Waals surface area contributed by atoms with Crippen molar-refractivity contribution in [1.29, 1.82) is 0 Å². The Labute approximate surface area is 261 Å². The average molecular weight is 666 g/mol. The number of halogens is 4. The van der Waals surface area contributed by atoms with Gasteiger partial charge in [0.25, 0.3) is 11.6 Å². The zero-order valence-corrected chi connectivity index (χ0v) is 25.8. The van der Waals surface area contributed by atoms with Crippen molar-refractivity contribution < 1.29 is 36.0 Å². The summed E-state index contributed by atoms with van der Waals surface area (Å²) in [5.74, 6) is -1.16. The van der Waals surface area contributed by atoms with Crippen LogP contribution in [0.2, 0.25) is 5.02 Å². The third-order valence-electron chi connectivity index (χ3n) is 6.14. The van der Waals surface area contributed by atoms with Crippen molar-refractivity contribution in [2.45, 2.75) is 50.9 Å². The van der Waals surface area contributed by atoms with Gasteiger partial charge in [-0.05, 0) is 75.7 Å². The van der Waals surface area contributed by atoms with Gasteiger partial charge in [-0.1, -0.05) is 23.7 Å². The molecular weight excluding hydrogens is 639 g/mol. The number of ether oxygens (including phenoxy) is 1. The molecule has 0 radical (unpaired) electrons. The zero-order valence-electron chi connectivity index (χ0n) is 24.3. The molecule has 1 aromatic heterocycles. The highest BCUT2D eigenvalue weighted by atomic mass is 35.5. The number of nitro groups is 1. The lowest BCUT2D eigenvalue weighted by atomic mass is 10.1. The van der Waals surface area contributed by atoms with Gasteiger partial charge >= 0.3 is 6.18 Å². The Kier molecular flexibility index (Phi) is 9.28. The van der Waals surface area contributed by atoms with E-state index >= 15 is 0 Å². The molecule has 0 aliphatic heterocycles. The second-order valence-corrected chi connectivity index (χ2v) is 13.0. The number of nitrogens with one attached hydrogen (secondary N) is 2. The lowest BCUT2D eigenvalue weighted by Crippen LogP contribution is -2.40. The number of carbonyl (C=O) groups excluding carboxylic acids is 1. The van der Waals surface area contributed by atoms with Gasteiger partial charge in [-0.3, -0.25) is 14.9 Å². The number of hydrogen-bond acceptors (Lipinski definition) is 7. The van der Waals surface area contributed by atoms with Crippen LogP contribution < -0.4 is 14.8 Å². The molecule has 0 bridgehead atoms. The molecule has 11 nitrogen and oxygen atoms in total. The number of sulfonamides is 1. The minimum atomic E-state index is -4.56. The third-order valence-corrected chi connectivity index (χ3v) is 8.17. The number of non-ortho nitro benzene ring substituents is 1. The number of alkyl halides is 3. The molecule has 1 amide bonds. The summed E-state index contributed by atoms with van der Waals surface area (Å²) in [5.41, 5.74) is -1.82. The Morgan fingerprint density at radius 3 is 2.33 bits per heavy atom. The van der Waals surface area contributed by atoms with E-state index in [-0.39, 0.29) is 35.0 Å². The Hall–Kier alpha value is -4.47. The second-order valence-electron chi connectivity index (χ2n) is 10.9. The van der Waals surface area contributed by atoms with Crippen molar-refractivity contribution in [3.05, 3.63) is 104 Å². The van der Waals surface area contributed by atoms with Gasteiger partial charge in [-0.2, -0.15) is 23.0 Å². The first-order valence-electron chi connectivity index (χ1n) is 13.2. The van der Waals surface area contributed by atoms with Gasteiger partial charge in [0.1, 0.15) is 10.6 Å². The summed E-state index contributed by atoms with van der Waals surface area (Å²) < 4.78 is 75.8. The summed E-state index contributed by atoms with van der Waals surface area (Å²) >= 11 is 6.03. The van der Waals surface area contributed by atoms with Crippen molar-refractivity contribution in [3.63, 3.8) is 0 Å². The molecule has 0 atom stereocenters. The topological polar surface area (TPSA) is 145 Å². The molecule has 0 aliphatic carbocycles. The minimum absolute atomic E-state index is 0.109. The van der Waals surface area contributed by atoms with Gasteiger partial charge in [0, 0.05) is 34.8 Å². The van der Waals surface area contributed by atoms with Crippen LogP contribution in [0.3, 0.4) is 0 Å². The van der Waals surface area contributed by atoms with Crippen LogP contribution in [0.4, 0.5) is 18.9 Å². The van der Waals surface area contributed by atoms with Crippen LogP contribution in [0.1, 0.15) is 48.0 Å². The SMILES string of the molecule is Cc1c(C(=O)NCc2cccc(C(F)(F)F)c2)nn(-c2ccc(Cl)cc2)c1Oc1ccc([N+](=O)[O-])cc1S(=O)(=O)NC(C)(C)C. The van der Waals surface area contributed by atoms with Gasteiger partial charge in [-0.25, -0.2) is 13.1 Å². The molecule has 4 rings (SSSR count). The number of hydrogen-bond donors (Lipinski definition) is 2. The molecule has 0 saturated heterocycles. The Morgan fingerprint density at radius 2 is 1.73 bits per heavy atom. The molecule has 0 fully saturated rings. The molecule has 0 unspecified atom stereocenters. The van der Waals surface area contributed by atoms with E-state index in [4.69, 9.17) is 16.3 Å². The van der Waals surface area contributed by atoms with Crippen LogP contribution in [0, 0.1) is 17.0 Å². The maximum atomic E-state index is 13.3. The van der Waals surface area contributed by atoms with Crippen molar-refractivity contribution in [1.82, 2.24) is 19.8 Å². The van der Waals surface area contributed by atoms with Crippen LogP contribution in [0.5, 0.6) is 11.6 Å². The molecule has 0 aliphatic rings. The number of rotatable bonds is 9. The molecule has 1 heterocycles. The summed E-state index contributed by atoms with van der Waals surface area (Å²) in [5, 5.41) is 18.8. The second kappa shape index (κ2) is 12.5. The largest absolute Gasteiger partial charge is 0.437 e. The standard InChI is InChI=1S/C29H27ClF3N5O6S/c1-17-25(26(39)34-16-18-6-5-7-19(14-18)29(31,32)33)35-37(21-10-8-20(30)9-11-21)27(17)44-23-13-12-22(38(40)41)15-24(23)45(42,43)36-28(2,3)4/h5-15,36H,16H2,1-4H3,(H,34,39). The van der Waals surface area contributed by atoms with Gasteiger partial charge in [-0.15, -0.1) is 0 Å². The van der Waals surface area contributed by atoms with Crippen molar-refractivity contribution in [3.8, 4) is 17.3 Å². The third kappa shape index (κ3) is 7.98. The number of carbonyl (C=O) groups is 1. The number of nitrogens with zero attached hydrogens (tertiary/aromatic N) is 3. The highest BCUT2D eigenvalue weighted by Crippen LogP contribution is 2.36. The molecule has 0 spiro atoms. The van der Waals surface area contributed by atoms with E-state index in [0.717, 1.165) is 30.3 Å². The van der Waals surface area contributed by atoms with E-state index in [2.05, 4.69) is 15.1 Å². The van der Waals surface area contributed by atoms with Crippen LogP contribution in [-0.2, 0) is 22.7 Å². The van der Waals surface area contributed by atoms with E-state index in [1.165, 1.54) is 23.7 Å². The summed E-state index contributed by atoms with van der Waals surface area (Å²) in [6.45, 7) is 5.99. The fourth-order valence-electron chi connectivity index (χ4n) is 4.16. The summed E-state index contributed by atoms with van der Waals surface area (Å²) in [7, 11) is -4.37. The molecule has 238 valence electrons. The zero-order chi connectivity index (χ0) is 33.3. The monoisotopic (exact) mass is 665 g/mol. The van der Waals surface area contributed by atoms with Crippen molar-refractivity contribution >= 4 is 33.2 Å². The fraction of sp³-hybridized carbons (Fsp3) is 0.241. The van der Waals surface area contributed by atoms with E-state index in [0.29, 0.717) is 10.7 Å². The van der Waals surface area contributed by atoms with E-state index in [1.54, 1.807) is 45.0 Å². The van der Waals surface area contributed by atoms with Crippen LogP contribution in [-0.4, -0.2) is 34.6 Å². The summed E-state index contributed by atoms with van der Waals surface area (Å²) in [6.07, 6.45) is -4.56. The first kappa shape index (κ1) is 33.4. The van der Waals surface area contributed by atoms with Crippen molar-refractivity contribution in [2.75, 3.05) is 0 Å². The highest BCUT2D eigenvalue weighted by Gasteiger charge is 2.32. The Bertz CT molecular complexity index is 1870. The predicted octanol–water partition coefficient (Wildman–Crippen LogP) is 6.56. The van der Waals surface area contributed by atoms with Crippen LogP contribution >= 0.6 is 11.6 Å². The molecular formula is C29H27ClF3N5O6S. The summed E-state index contributed by atoms with van der Waals surface area (Å²) in [4.78, 5) is 23.5. The number of benzene rings is 3. The molecule has 45 heavy (non-hydrogen) atoms. The first-order valence-corrected chi connectivity index (χ1v) is 15.0. The molecule has 0 saturated carbocycles. The number of aromatic nitrogens is 2. The van der Waals surface area contributed by atoms with Gasteiger partial charge in [0.05, 0.1) is 16.2 Å². The number of amides is 1. The van der Waals surface area contributed by atoms with E-state index < -0.39 is 48.7 Å². The lowest BCUT2D eigenvalue weighted by Gasteiger charge is -2.21. The molecule has 2 N–H and O–H groups in total. The number of nitro benzene ring substituents is 1. The molecule has 16 heteroatoms. The van der Waals surface area contributed by atoms with Crippen molar-refractivity contribution in [2.24, 2.45) is 0 Å². The average Bonchev–Trinajstić information content (AvgIpc) is 3.26. The normalized spacial score (nSPS) is 12.2. The minimum Gasteiger partial charge on any atom is -0.437 e.